The molecule has 0 amide bonds. The van der Waals surface area contributed by atoms with E-state index in [4.69, 9.17) is 5.26 Å². The highest BCUT2D eigenvalue weighted by Gasteiger charge is 1.24. The first-order valence-electron chi connectivity index (χ1n) is 0.418. The minimum absolute atomic E-state index is 0. The van der Waals surface area contributed by atoms with Crippen molar-refractivity contribution in [2.45, 2.75) is 0 Å². The minimum atomic E-state index is 0. The minimum Gasteiger partial charge on any atom is -0.344 e. The average molecular weight is 66.1 g/mol. The van der Waals surface area contributed by atoms with Gasteiger partial charge in [-0.15, -0.1) is 4.99 Å². The quantitative estimate of drug-likeness (QED) is 0.263. The van der Waals surface area contributed by atoms with E-state index in [0.29, 0.717) is 0 Å². The molecular weight excluding hydrogens is 60.0 g/mol. The monoisotopic (exact) mass is 66.0 g/mol. The summed E-state index contributed by atoms with van der Waals surface area (Å²) in [5.74, 6) is 3.90. The fraction of sp³-hybridized carbons (Fsp3) is 0. The predicted octanol–water partition coefficient (Wildman–Crippen LogP) is -0.488. The van der Waals surface area contributed by atoms with Crippen molar-refractivity contribution in [3.8, 4) is 0 Å². The summed E-state index contributed by atoms with van der Waals surface area (Å²) in [5.41, 5.74) is 0. The summed E-state index contributed by atoms with van der Waals surface area (Å²) in [5, 5.41) is 6.85. The van der Waals surface area contributed by atoms with Crippen molar-refractivity contribution in [1.29, 1.82) is 0 Å². The summed E-state index contributed by atoms with van der Waals surface area (Å²) in [6, 6.07) is 0. The highest BCUT2D eigenvalue weighted by molar-refractivity contribution is 2.97. The van der Waals surface area contributed by atoms with Crippen molar-refractivity contribution in [3.05, 3.63) is 0 Å². The average Bonchev–Trinajstić information content (AvgIpc) is 0.918. The van der Waals surface area contributed by atoms with E-state index in [1.54, 1.807) is 0 Å². The van der Waals surface area contributed by atoms with Crippen LogP contribution in [0.3, 0.4) is 0 Å². The van der Waals surface area contributed by atoms with Crippen LogP contribution < -0.4 is 12.0 Å². The lowest BCUT2D eigenvalue weighted by Crippen LogP contribution is -1.87. The van der Waals surface area contributed by atoms with Crippen LogP contribution in [0.4, 0.5) is 0 Å². The Morgan fingerprint density at radius 2 is 1.75 bits per heavy atom. The van der Waals surface area contributed by atoms with E-state index in [1.807, 2.05) is 0 Å². The number of hydrogen-bond acceptors (Lipinski definition) is 4. The zero-order chi connectivity index (χ0) is 2.71. The van der Waals surface area contributed by atoms with Crippen LogP contribution in [-0.2, 0) is 4.99 Å². The van der Waals surface area contributed by atoms with E-state index in [-0.39, 0.29) is 6.15 Å². The highest BCUT2D eigenvalue weighted by Crippen LogP contribution is 1.11. The molecule has 0 spiro atoms. The first-order chi connectivity index (χ1) is 1.41. The molecule has 0 aliphatic heterocycles. The smallest absolute Gasteiger partial charge is 0.149 e. The Morgan fingerprint density at radius 3 is 1.75 bits per heavy atom. The molecule has 0 bridgehead atoms. The first kappa shape index (κ1) is 9.15. The molecule has 6 N–H and O–H groups in total. The second-order valence-corrected chi connectivity index (χ2v) is 0.105. The zero-order valence-corrected chi connectivity index (χ0v) is 2.14. The fourth-order valence-electron chi connectivity index (χ4n) is 0. The molecule has 4 heavy (non-hydrogen) atoms. The summed E-state index contributed by atoms with van der Waals surface area (Å²) in [6.45, 7) is 0. The number of rotatable bonds is 0. The van der Waals surface area contributed by atoms with Gasteiger partial charge in [0.2, 0.25) is 0 Å². The molecule has 0 aromatic carbocycles. The maximum Gasteiger partial charge on any atom is -0.149 e. The molecule has 0 fully saturated rings. The summed E-state index contributed by atoms with van der Waals surface area (Å²) in [6.07, 6.45) is 0. The molecule has 4 heteroatoms. The van der Waals surface area contributed by atoms with Crippen LogP contribution in [0.5, 0.6) is 0 Å². The zero-order valence-electron chi connectivity index (χ0n) is 2.14. The normalized spacial score (nSPS) is 4.50. The van der Waals surface area contributed by atoms with Crippen molar-refractivity contribution in [2.75, 3.05) is 0 Å². The lowest BCUT2D eigenvalue weighted by Gasteiger charge is -1.59. The van der Waals surface area contributed by atoms with E-state index in [9.17, 15) is 0 Å². The molecule has 0 atom stereocenters. The van der Waals surface area contributed by atoms with Gasteiger partial charge in [-0.2, -0.15) is 5.90 Å². The van der Waals surface area contributed by atoms with Crippen molar-refractivity contribution >= 4 is 0 Å². The Labute approximate surface area is 23.6 Å². The summed E-state index contributed by atoms with van der Waals surface area (Å²) < 4.78 is 0. The Hall–Kier alpha value is -0.160. The van der Waals surface area contributed by atoms with E-state index in [2.05, 4.69) is 10.9 Å². The van der Waals surface area contributed by atoms with Gasteiger partial charge in [0, 0.05) is 0 Å². The molecule has 0 saturated heterocycles. The standard InChI is InChI=1S/H3NO2.H3N/c1-3-2;/h2H,1H2;1H3. The Kier molecular flexibility index (Phi) is 31.2. The second kappa shape index (κ2) is 13.6. The van der Waals surface area contributed by atoms with E-state index >= 15 is 0 Å². The third-order valence-corrected chi connectivity index (χ3v) is 0. The topological polar surface area (TPSA) is 90.5 Å². The highest BCUT2D eigenvalue weighted by atomic mass is 17.2. The van der Waals surface area contributed by atoms with Crippen LogP contribution in [0.15, 0.2) is 0 Å². The largest absolute Gasteiger partial charge is 0.344 e. The predicted molar refractivity (Wildman–Crippen MR) is 12.9 cm³/mol. The van der Waals surface area contributed by atoms with Crippen LogP contribution in [0.1, 0.15) is 0 Å². The van der Waals surface area contributed by atoms with Crippen LogP contribution in [-0.4, -0.2) is 5.26 Å². The summed E-state index contributed by atoms with van der Waals surface area (Å²) in [4.78, 5) is 2.75. The Balaban J connectivity index is 0. The molecule has 4 nitrogen and oxygen atoms in total. The lowest BCUT2D eigenvalue weighted by atomic mass is 13.5. The molecule has 0 rings (SSSR count). The SMILES string of the molecule is N.NOO. The van der Waals surface area contributed by atoms with Gasteiger partial charge in [0.15, 0.2) is 0 Å². The Bertz CT molecular complexity index is 4.00. The molecule has 28 valence electrons. The molecule has 0 aliphatic carbocycles. The van der Waals surface area contributed by atoms with Gasteiger partial charge >= 0.3 is 0 Å². The third-order valence-electron chi connectivity index (χ3n) is 0. The molecule has 0 aliphatic rings. The van der Waals surface area contributed by atoms with Crippen molar-refractivity contribution in [3.63, 3.8) is 0 Å². The molecule has 0 heterocycles. The van der Waals surface area contributed by atoms with E-state index < -0.39 is 0 Å². The van der Waals surface area contributed by atoms with Crippen LogP contribution in [0.25, 0.3) is 0 Å². The lowest BCUT2D eigenvalue weighted by molar-refractivity contribution is -0.247. The van der Waals surface area contributed by atoms with Gasteiger partial charge in [-0.1, -0.05) is 0 Å². The molecule has 0 unspecified atom stereocenters. The van der Waals surface area contributed by atoms with Crippen LogP contribution >= 0.6 is 0 Å². The number of hydrogen-bond donors (Lipinski definition) is 3. The first-order valence-corrected chi connectivity index (χ1v) is 0.418. The van der Waals surface area contributed by atoms with Crippen LogP contribution in [0.2, 0.25) is 0 Å². The van der Waals surface area contributed by atoms with E-state index in [1.165, 1.54) is 0 Å². The van der Waals surface area contributed by atoms with E-state index in [0.717, 1.165) is 0 Å². The van der Waals surface area contributed by atoms with Gasteiger partial charge in [-0.25, -0.2) is 5.26 Å². The maximum atomic E-state index is 6.85. The van der Waals surface area contributed by atoms with Gasteiger partial charge in [-0.05, 0) is 0 Å². The molecular formula is H6N2O2. The third kappa shape index (κ3) is 50.7. The summed E-state index contributed by atoms with van der Waals surface area (Å²) >= 11 is 0. The van der Waals surface area contributed by atoms with Crippen molar-refractivity contribution < 1.29 is 10.2 Å². The van der Waals surface area contributed by atoms with Crippen molar-refractivity contribution in [2.24, 2.45) is 5.90 Å². The molecule has 0 aromatic heterocycles. The van der Waals surface area contributed by atoms with Gasteiger partial charge in [0.05, 0.1) is 0 Å². The van der Waals surface area contributed by atoms with Crippen molar-refractivity contribution in [1.82, 2.24) is 6.15 Å². The Morgan fingerprint density at radius 1 is 1.75 bits per heavy atom. The van der Waals surface area contributed by atoms with Gasteiger partial charge in [-0.3, -0.25) is 0 Å². The molecule has 0 radical (unpaired) electrons. The van der Waals surface area contributed by atoms with Gasteiger partial charge < -0.3 is 6.15 Å². The van der Waals surface area contributed by atoms with Crippen LogP contribution in [0, 0.1) is 0 Å². The second-order valence-electron chi connectivity index (χ2n) is 0.105. The fourth-order valence-corrected chi connectivity index (χ4v) is 0. The van der Waals surface area contributed by atoms with Gasteiger partial charge in [0.25, 0.3) is 0 Å². The molecule has 0 aromatic rings. The summed E-state index contributed by atoms with van der Waals surface area (Å²) in [7, 11) is 0. The maximum absolute atomic E-state index is 6.85. The number of nitrogens with two attached hydrogens (primary N) is 1. The molecule has 0 saturated carbocycles. The van der Waals surface area contributed by atoms with Gasteiger partial charge in [0.1, 0.15) is 0 Å².